The topological polar surface area (TPSA) is 139 Å². The molecule has 0 saturated heterocycles. The number of rotatable bonds is 8. The Morgan fingerprint density at radius 1 is 1.42 bits per heavy atom. The van der Waals surface area contributed by atoms with Gasteiger partial charge in [0, 0.05) is 6.54 Å². The van der Waals surface area contributed by atoms with E-state index in [4.69, 9.17) is 4.74 Å². The lowest BCUT2D eigenvalue weighted by atomic mass is 10.2. The predicted octanol–water partition coefficient (Wildman–Crippen LogP) is 0.640. The van der Waals surface area contributed by atoms with Crippen LogP contribution in [-0.4, -0.2) is 49.2 Å². The largest absolute Gasteiger partial charge is 0.374 e. The van der Waals surface area contributed by atoms with Gasteiger partial charge < -0.3 is 4.74 Å². The number of aliphatic imine (C=N–C) groups is 1. The van der Waals surface area contributed by atoms with Gasteiger partial charge in [0.2, 0.25) is 10.0 Å². The molecule has 0 amide bonds. The minimum Gasteiger partial charge on any atom is -0.374 e. The number of amidine groups is 1. The third-order valence-electron chi connectivity index (χ3n) is 3.12. The average molecular weight is 387 g/mol. The van der Waals surface area contributed by atoms with E-state index in [1.165, 1.54) is 18.2 Å². The molecule has 0 bridgehead atoms. The van der Waals surface area contributed by atoms with Crippen molar-refractivity contribution in [3.05, 3.63) is 41.0 Å². The third kappa shape index (κ3) is 5.84. The molecule has 0 fully saturated rings. The first kappa shape index (κ1) is 19.9. The third-order valence-corrected chi connectivity index (χ3v) is 3.85. The summed E-state index contributed by atoms with van der Waals surface area (Å²) in [5, 5.41) is 16.6. The van der Waals surface area contributed by atoms with Crippen LogP contribution in [0, 0.1) is 12.7 Å². The molecule has 0 atom stereocenters. The number of nitrogens with zero attached hydrogens (tertiary/aromatic N) is 3. The van der Waals surface area contributed by atoms with E-state index in [0.29, 0.717) is 11.3 Å². The fraction of sp³-hybridized carbons (Fsp3) is 0.357. The summed E-state index contributed by atoms with van der Waals surface area (Å²) in [6.07, 6.45) is 1.04. The Labute approximate surface area is 149 Å². The first-order valence-electron chi connectivity index (χ1n) is 7.39. The highest BCUT2D eigenvalue weighted by atomic mass is 32.2. The summed E-state index contributed by atoms with van der Waals surface area (Å²) in [5.41, 5.74) is 3.01. The lowest BCUT2D eigenvalue weighted by Gasteiger charge is -2.05. The van der Waals surface area contributed by atoms with E-state index >= 15 is 0 Å². The molecule has 1 heterocycles. The van der Waals surface area contributed by atoms with Crippen LogP contribution in [0.3, 0.4) is 0 Å². The number of aromatic nitrogens is 2. The van der Waals surface area contributed by atoms with Gasteiger partial charge in [-0.1, -0.05) is 5.16 Å². The highest BCUT2D eigenvalue weighted by molar-refractivity contribution is 7.88. The molecular formula is C14H18FN5O5S. The number of nitrogens with one attached hydrogen (secondary N) is 2. The van der Waals surface area contributed by atoms with Crippen LogP contribution in [0.1, 0.15) is 17.0 Å². The van der Waals surface area contributed by atoms with Gasteiger partial charge in [-0.05, 0) is 35.8 Å². The van der Waals surface area contributed by atoms with Gasteiger partial charge in [-0.3, -0.25) is 10.7 Å². The number of hydrogen-bond acceptors (Lipinski definition) is 8. The molecule has 1 aromatic heterocycles. The molecule has 26 heavy (non-hydrogen) atoms. The molecule has 0 aliphatic carbocycles. The molecule has 0 unspecified atom stereocenters. The van der Waals surface area contributed by atoms with Crippen LogP contribution in [0.5, 0.6) is 0 Å². The molecule has 0 spiro atoms. The van der Waals surface area contributed by atoms with Gasteiger partial charge in [-0.25, -0.2) is 27.2 Å². The minimum atomic E-state index is -3.29. The summed E-state index contributed by atoms with van der Waals surface area (Å²) in [6.45, 7) is 1.72. The number of halogens is 1. The van der Waals surface area contributed by atoms with Crippen LogP contribution in [0.15, 0.2) is 27.8 Å². The molecule has 1 aromatic carbocycles. The van der Waals surface area contributed by atoms with Gasteiger partial charge in [0.15, 0.2) is 11.5 Å². The Kier molecular flexibility index (Phi) is 6.74. The van der Waals surface area contributed by atoms with Crippen molar-refractivity contribution in [3.63, 3.8) is 0 Å². The first-order chi connectivity index (χ1) is 12.3. The zero-order valence-electron chi connectivity index (χ0n) is 14.1. The lowest BCUT2D eigenvalue weighted by Crippen LogP contribution is -2.26. The average Bonchev–Trinajstić information content (AvgIpc) is 3.03. The summed E-state index contributed by atoms with van der Waals surface area (Å²) in [6, 6.07) is 4.18. The normalized spacial score (nSPS) is 12.4. The van der Waals surface area contributed by atoms with E-state index in [9.17, 15) is 18.0 Å². The summed E-state index contributed by atoms with van der Waals surface area (Å²) < 4.78 is 47.4. The monoisotopic (exact) mass is 387 g/mol. The van der Waals surface area contributed by atoms with E-state index in [0.717, 1.165) is 6.26 Å². The molecule has 2 aromatic rings. The van der Waals surface area contributed by atoms with Gasteiger partial charge in [-0.2, -0.15) is 0 Å². The highest BCUT2D eigenvalue weighted by Crippen LogP contribution is 2.18. The SMILES string of the molecule is Cc1cc(N=C(NO)c2nonc2COCCNS(C)(=O)=O)ccc1F. The Morgan fingerprint density at radius 3 is 2.85 bits per heavy atom. The molecule has 12 heteroatoms. The minimum absolute atomic E-state index is 0.0482. The summed E-state index contributed by atoms with van der Waals surface area (Å²) in [4.78, 5) is 4.14. The van der Waals surface area contributed by atoms with Gasteiger partial charge in [0.25, 0.3) is 0 Å². The van der Waals surface area contributed by atoms with E-state index in [1.54, 1.807) is 6.92 Å². The Balaban J connectivity index is 2.06. The van der Waals surface area contributed by atoms with Crippen molar-refractivity contribution in [2.24, 2.45) is 4.99 Å². The molecule has 0 radical (unpaired) electrons. The fourth-order valence-electron chi connectivity index (χ4n) is 1.91. The van der Waals surface area contributed by atoms with Crippen LogP contribution < -0.4 is 10.2 Å². The summed E-state index contributed by atoms with van der Waals surface area (Å²) in [5.74, 6) is -0.438. The molecule has 0 aliphatic rings. The van der Waals surface area contributed by atoms with E-state index in [2.05, 4.69) is 24.7 Å². The highest BCUT2D eigenvalue weighted by Gasteiger charge is 2.17. The Hall–Kier alpha value is -2.41. The van der Waals surface area contributed by atoms with E-state index < -0.39 is 10.0 Å². The van der Waals surface area contributed by atoms with Crippen molar-refractivity contribution >= 4 is 21.5 Å². The predicted molar refractivity (Wildman–Crippen MR) is 89.1 cm³/mol. The number of sulfonamides is 1. The van der Waals surface area contributed by atoms with Gasteiger partial charge in [0.1, 0.15) is 11.5 Å². The molecule has 0 aliphatic heterocycles. The van der Waals surface area contributed by atoms with Crippen molar-refractivity contribution in [2.75, 3.05) is 19.4 Å². The maximum absolute atomic E-state index is 13.3. The van der Waals surface area contributed by atoms with Crippen molar-refractivity contribution in [2.45, 2.75) is 13.5 Å². The fourth-order valence-corrected chi connectivity index (χ4v) is 2.36. The maximum Gasteiger partial charge on any atom is 0.208 e. The molecule has 10 nitrogen and oxygen atoms in total. The zero-order valence-corrected chi connectivity index (χ0v) is 14.9. The second kappa shape index (κ2) is 8.80. The van der Waals surface area contributed by atoms with E-state index in [-0.39, 0.29) is 42.8 Å². The number of ether oxygens (including phenoxy) is 1. The van der Waals surface area contributed by atoms with Crippen LogP contribution >= 0.6 is 0 Å². The molecule has 2 rings (SSSR count). The van der Waals surface area contributed by atoms with Gasteiger partial charge in [0.05, 0.1) is 25.2 Å². The number of hydroxylamine groups is 1. The summed E-state index contributed by atoms with van der Waals surface area (Å²) in [7, 11) is -3.29. The number of benzene rings is 1. The molecule has 3 N–H and O–H groups in total. The molecule has 0 saturated carbocycles. The lowest BCUT2D eigenvalue weighted by molar-refractivity contribution is 0.120. The Morgan fingerprint density at radius 2 is 2.19 bits per heavy atom. The Bertz CT molecular complexity index is 884. The van der Waals surface area contributed by atoms with Crippen LogP contribution in [-0.2, 0) is 21.4 Å². The van der Waals surface area contributed by atoms with Gasteiger partial charge >= 0.3 is 0 Å². The zero-order chi connectivity index (χ0) is 19.2. The quantitative estimate of drug-likeness (QED) is 0.260. The van der Waals surface area contributed by atoms with Crippen molar-refractivity contribution in [1.29, 1.82) is 0 Å². The van der Waals surface area contributed by atoms with Crippen molar-refractivity contribution in [3.8, 4) is 0 Å². The molecule has 142 valence electrons. The van der Waals surface area contributed by atoms with Gasteiger partial charge in [-0.15, -0.1) is 0 Å². The molecular weight excluding hydrogens is 369 g/mol. The van der Waals surface area contributed by atoms with Crippen LogP contribution in [0.4, 0.5) is 10.1 Å². The first-order valence-corrected chi connectivity index (χ1v) is 9.28. The van der Waals surface area contributed by atoms with Crippen LogP contribution in [0.25, 0.3) is 0 Å². The second-order valence-corrected chi connectivity index (χ2v) is 7.12. The maximum atomic E-state index is 13.3. The van der Waals surface area contributed by atoms with Crippen molar-refractivity contribution < 1.29 is 27.4 Å². The van der Waals surface area contributed by atoms with E-state index in [1.807, 2.05) is 5.48 Å². The summed E-state index contributed by atoms with van der Waals surface area (Å²) >= 11 is 0. The smallest absolute Gasteiger partial charge is 0.208 e. The standard InChI is InChI=1S/C14H18FN5O5S/c1-9-7-10(3-4-11(9)15)17-14(18-21)13-12(19-25-20-13)8-24-6-5-16-26(2,22)23/h3-4,7,16,21H,5-6,8H2,1-2H3,(H,17,18). The number of hydrogen-bond donors (Lipinski definition) is 3. The number of aryl methyl sites for hydroxylation is 1. The second-order valence-electron chi connectivity index (χ2n) is 5.28. The van der Waals surface area contributed by atoms with Crippen LogP contribution in [0.2, 0.25) is 0 Å². The van der Waals surface area contributed by atoms with Crippen molar-refractivity contribution in [1.82, 2.24) is 20.5 Å².